The van der Waals surface area contributed by atoms with Gasteiger partial charge in [0.2, 0.25) is 0 Å². The van der Waals surface area contributed by atoms with E-state index in [9.17, 15) is 0 Å². The highest BCUT2D eigenvalue weighted by Gasteiger charge is 2.31. The highest BCUT2D eigenvalue weighted by Crippen LogP contribution is 2.34. The molecule has 4 nitrogen and oxygen atoms in total. The standard InChI is InChI=1S/C23H29ClN2O2/c1-3-25(13-19-11-21(24)12-20-15-27-16-28-23(19)20)22-9-10-26(14-22)17(2)18-7-5-4-6-8-18/h4-8,11-12,17,22H,3,9-10,13-16H2,1-2H3. The predicted molar refractivity (Wildman–Crippen MR) is 113 cm³/mol. The number of benzene rings is 2. The van der Waals surface area contributed by atoms with Crippen molar-refractivity contribution in [2.75, 3.05) is 26.4 Å². The maximum Gasteiger partial charge on any atom is 0.189 e. The van der Waals surface area contributed by atoms with Crippen molar-refractivity contribution in [3.63, 3.8) is 0 Å². The number of ether oxygens (including phenoxy) is 2. The predicted octanol–water partition coefficient (Wildman–Crippen LogP) is 4.86. The van der Waals surface area contributed by atoms with Gasteiger partial charge in [-0.05, 0) is 37.6 Å². The lowest BCUT2D eigenvalue weighted by molar-refractivity contribution is -0.0176. The van der Waals surface area contributed by atoms with Gasteiger partial charge in [0.25, 0.3) is 0 Å². The summed E-state index contributed by atoms with van der Waals surface area (Å²) in [6.07, 6.45) is 1.19. The van der Waals surface area contributed by atoms with E-state index in [0.717, 1.165) is 42.5 Å². The lowest BCUT2D eigenvalue weighted by Crippen LogP contribution is -2.37. The van der Waals surface area contributed by atoms with E-state index in [2.05, 4.69) is 54.0 Å². The summed E-state index contributed by atoms with van der Waals surface area (Å²) < 4.78 is 11.2. The first kappa shape index (κ1) is 19.7. The molecule has 1 saturated heterocycles. The zero-order chi connectivity index (χ0) is 19.5. The fraction of sp³-hybridized carbons (Fsp3) is 0.478. The van der Waals surface area contributed by atoms with Gasteiger partial charge in [0, 0.05) is 47.9 Å². The summed E-state index contributed by atoms with van der Waals surface area (Å²) in [5, 5.41) is 0.754. The molecule has 0 aromatic heterocycles. The molecular weight excluding hydrogens is 372 g/mol. The van der Waals surface area contributed by atoms with Crippen LogP contribution in [0.3, 0.4) is 0 Å². The van der Waals surface area contributed by atoms with Crippen molar-refractivity contribution < 1.29 is 9.47 Å². The summed E-state index contributed by atoms with van der Waals surface area (Å²) in [4.78, 5) is 5.16. The minimum absolute atomic E-state index is 0.319. The number of hydrogen-bond acceptors (Lipinski definition) is 4. The second-order valence-corrected chi connectivity index (χ2v) is 8.19. The summed E-state index contributed by atoms with van der Waals surface area (Å²) in [6, 6.07) is 15.8. The van der Waals surface area contributed by atoms with Crippen LogP contribution >= 0.6 is 11.6 Å². The zero-order valence-electron chi connectivity index (χ0n) is 16.7. The van der Waals surface area contributed by atoms with E-state index in [4.69, 9.17) is 21.1 Å². The quantitative estimate of drug-likeness (QED) is 0.691. The third kappa shape index (κ3) is 4.20. The number of hydrogen-bond donors (Lipinski definition) is 0. The molecule has 0 amide bonds. The molecule has 2 atom stereocenters. The number of halogens is 1. The molecule has 5 heteroatoms. The number of likely N-dealkylation sites (tertiary alicyclic amines) is 1. The summed E-state index contributed by atoms with van der Waals surface area (Å²) >= 11 is 6.36. The minimum Gasteiger partial charge on any atom is -0.467 e. The lowest BCUT2D eigenvalue weighted by atomic mass is 10.1. The van der Waals surface area contributed by atoms with Gasteiger partial charge in [-0.15, -0.1) is 0 Å². The third-order valence-corrected chi connectivity index (χ3v) is 6.29. The monoisotopic (exact) mass is 400 g/mol. The number of rotatable bonds is 6. The molecule has 28 heavy (non-hydrogen) atoms. The van der Waals surface area contributed by atoms with Crippen LogP contribution in [0.4, 0.5) is 0 Å². The van der Waals surface area contributed by atoms with Crippen LogP contribution in [0.15, 0.2) is 42.5 Å². The molecule has 2 aliphatic rings. The highest BCUT2D eigenvalue weighted by molar-refractivity contribution is 6.30. The van der Waals surface area contributed by atoms with Crippen molar-refractivity contribution in [2.45, 2.75) is 45.5 Å². The SMILES string of the molecule is CCN(Cc1cc(Cl)cc2c1OCOC2)C1CCN(C(C)c2ccccc2)C1. The smallest absolute Gasteiger partial charge is 0.189 e. The Kier molecular flexibility index (Phi) is 6.22. The van der Waals surface area contributed by atoms with E-state index in [0.29, 0.717) is 25.5 Å². The second-order valence-electron chi connectivity index (χ2n) is 7.75. The van der Waals surface area contributed by atoms with Crippen molar-refractivity contribution in [3.8, 4) is 5.75 Å². The Hall–Kier alpha value is -1.59. The first-order valence-electron chi connectivity index (χ1n) is 10.2. The molecule has 2 aromatic rings. The third-order valence-electron chi connectivity index (χ3n) is 6.07. The van der Waals surface area contributed by atoms with Gasteiger partial charge in [0.1, 0.15) is 5.75 Å². The topological polar surface area (TPSA) is 24.9 Å². The number of nitrogens with zero attached hydrogens (tertiary/aromatic N) is 2. The molecule has 0 spiro atoms. The van der Waals surface area contributed by atoms with E-state index >= 15 is 0 Å². The molecule has 0 aliphatic carbocycles. The van der Waals surface area contributed by atoms with E-state index in [1.54, 1.807) is 0 Å². The molecule has 2 heterocycles. The molecular formula is C23H29ClN2O2. The van der Waals surface area contributed by atoms with E-state index < -0.39 is 0 Å². The largest absolute Gasteiger partial charge is 0.467 e. The highest BCUT2D eigenvalue weighted by atomic mass is 35.5. The Morgan fingerprint density at radius 2 is 2.07 bits per heavy atom. The first-order chi connectivity index (χ1) is 13.7. The molecule has 4 rings (SSSR count). The number of likely N-dealkylation sites (N-methyl/N-ethyl adjacent to an activating group) is 1. The first-order valence-corrected chi connectivity index (χ1v) is 10.6. The van der Waals surface area contributed by atoms with E-state index in [1.165, 1.54) is 17.5 Å². The van der Waals surface area contributed by atoms with Gasteiger partial charge in [0.15, 0.2) is 6.79 Å². The Morgan fingerprint density at radius 3 is 2.86 bits per heavy atom. The van der Waals surface area contributed by atoms with Crippen molar-refractivity contribution in [2.24, 2.45) is 0 Å². The zero-order valence-corrected chi connectivity index (χ0v) is 17.5. The summed E-state index contributed by atoms with van der Waals surface area (Å²) in [6.45, 7) is 9.54. The molecule has 1 fully saturated rings. The van der Waals surface area contributed by atoms with Crippen LogP contribution in [0.1, 0.15) is 43.0 Å². The van der Waals surface area contributed by atoms with Gasteiger partial charge in [-0.25, -0.2) is 0 Å². The van der Waals surface area contributed by atoms with Crippen LogP contribution in [-0.2, 0) is 17.9 Å². The van der Waals surface area contributed by atoms with Crippen LogP contribution in [-0.4, -0.2) is 42.3 Å². The molecule has 2 aromatic carbocycles. The van der Waals surface area contributed by atoms with Gasteiger partial charge >= 0.3 is 0 Å². The molecule has 0 saturated carbocycles. The van der Waals surface area contributed by atoms with Crippen molar-refractivity contribution in [1.82, 2.24) is 9.80 Å². The summed E-state index contributed by atoms with van der Waals surface area (Å²) in [5.74, 6) is 0.960. The van der Waals surface area contributed by atoms with Crippen LogP contribution in [0.5, 0.6) is 5.75 Å². The van der Waals surface area contributed by atoms with Crippen LogP contribution < -0.4 is 4.74 Å². The van der Waals surface area contributed by atoms with E-state index in [-0.39, 0.29) is 0 Å². The van der Waals surface area contributed by atoms with Crippen molar-refractivity contribution in [1.29, 1.82) is 0 Å². The molecule has 2 aliphatic heterocycles. The maximum absolute atomic E-state index is 6.36. The molecule has 0 radical (unpaired) electrons. The fourth-order valence-electron chi connectivity index (χ4n) is 4.45. The normalized spacial score (nSPS) is 20.8. The molecule has 2 unspecified atom stereocenters. The van der Waals surface area contributed by atoms with Gasteiger partial charge in [-0.1, -0.05) is 48.9 Å². The Bertz CT molecular complexity index is 799. The van der Waals surface area contributed by atoms with Gasteiger partial charge in [0.05, 0.1) is 6.61 Å². The molecule has 150 valence electrons. The van der Waals surface area contributed by atoms with Gasteiger partial charge in [-0.2, -0.15) is 0 Å². The lowest BCUT2D eigenvalue weighted by Gasteiger charge is -2.31. The summed E-state index contributed by atoms with van der Waals surface area (Å²) in [7, 11) is 0. The van der Waals surface area contributed by atoms with Crippen LogP contribution in [0, 0.1) is 0 Å². The van der Waals surface area contributed by atoms with Crippen molar-refractivity contribution in [3.05, 3.63) is 64.2 Å². The Labute approximate surface area is 173 Å². The summed E-state index contributed by atoms with van der Waals surface area (Å²) in [5.41, 5.74) is 3.61. The minimum atomic E-state index is 0.319. The Balaban J connectivity index is 1.46. The van der Waals surface area contributed by atoms with E-state index in [1.807, 2.05) is 12.1 Å². The number of fused-ring (bicyclic) bond motifs is 1. The average Bonchev–Trinajstić information content (AvgIpc) is 3.21. The average molecular weight is 401 g/mol. The van der Waals surface area contributed by atoms with Gasteiger partial charge in [-0.3, -0.25) is 9.80 Å². The van der Waals surface area contributed by atoms with Gasteiger partial charge < -0.3 is 9.47 Å². The van der Waals surface area contributed by atoms with Crippen molar-refractivity contribution >= 4 is 11.6 Å². The van der Waals surface area contributed by atoms with Crippen LogP contribution in [0.25, 0.3) is 0 Å². The van der Waals surface area contributed by atoms with Crippen LogP contribution in [0.2, 0.25) is 5.02 Å². The Morgan fingerprint density at radius 1 is 1.25 bits per heavy atom. The maximum atomic E-state index is 6.36. The molecule has 0 bridgehead atoms. The molecule has 0 N–H and O–H groups in total. The second kappa shape index (κ2) is 8.83. The fourth-order valence-corrected chi connectivity index (χ4v) is 4.72.